The fraction of sp³-hybridized carbons (Fsp3) is 1.00. The second-order valence-corrected chi connectivity index (χ2v) is 4.24. The molecule has 1 atom stereocenters. The second-order valence-electron chi connectivity index (χ2n) is 4.24. The van der Waals surface area contributed by atoms with Crippen molar-refractivity contribution in [2.75, 3.05) is 0 Å². The number of hydrogen-bond acceptors (Lipinski definition) is 0. The Hall–Kier alpha value is 0. The summed E-state index contributed by atoms with van der Waals surface area (Å²) in [5, 5.41) is 0. The van der Waals surface area contributed by atoms with Gasteiger partial charge in [0.1, 0.15) is 0 Å². The van der Waals surface area contributed by atoms with E-state index < -0.39 is 0 Å². The highest BCUT2D eigenvalue weighted by Gasteiger charge is 2.50. The largest absolute Gasteiger partial charge is 0.0654 e. The van der Waals surface area contributed by atoms with Crippen LogP contribution in [0, 0.1) is 11.3 Å². The lowest BCUT2D eigenvalue weighted by molar-refractivity contribution is 0.339. The van der Waals surface area contributed by atoms with Gasteiger partial charge in [0, 0.05) is 0 Å². The van der Waals surface area contributed by atoms with Crippen LogP contribution in [0.5, 0.6) is 0 Å². The lowest BCUT2D eigenvalue weighted by Gasteiger charge is -2.16. The van der Waals surface area contributed by atoms with Gasteiger partial charge in [0.05, 0.1) is 0 Å². The van der Waals surface area contributed by atoms with E-state index in [0.717, 1.165) is 11.3 Å². The van der Waals surface area contributed by atoms with Crippen LogP contribution in [0.2, 0.25) is 0 Å². The van der Waals surface area contributed by atoms with Crippen molar-refractivity contribution in [1.82, 2.24) is 0 Å². The molecule has 0 aromatic carbocycles. The summed E-state index contributed by atoms with van der Waals surface area (Å²) in [7, 11) is 0. The van der Waals surface area contributed by atoms with Crippen LogP contribution in [0.3, 0.4) is 0 Å². The Bertz CT molecular complexity index is 122. The molecule has 0 saturated heterocycles. The van der Waals surface area contributed by atoms with Gasteiger partial charge in [0.15, 0.2) is 0 Å². The van der Waals surface area contributed by atoms with Gasteiger partial charge in [-0.05, 0) is 37.0 Å². The van der Waals surface area contributed by atoms with Gasteiger partial charge in [-0.2, -0.15) is 0 Å². The summed E-state index contributed by atoms with van der Waals surface area (Å²) in [6.45, 7) is 2.33. The molecule has 58 valence electrons. The third-order valence-corrected chi connectivity index (χ3v) is 3.62. The van der Waals surface area contributed by atoms with Gasteiger partial charge in [-0.15, -0.1) is 0 Å². The normalized spacial score (nSPS) is 35.1. The zero-order valence-corrected chi connectivity index (χ0v) is 7.03. The average Bonchev–Trinajstić information content (AvgIpc) is 2.57. The van der Waals surface area contributed by atoms with Crippen LogP contribution in [0.15, 0.2) is 0 Å². The standard InChI is InChI=1S/C10H18/c1-2-4-9-5-3-6-10(9)7-8-10/h9H,2-8H2,1H3. The smallest absolute Gasteiger partial charge is 0.0269 e. The van der Waals surface area contributed by atoms with E-state index in [4.69, 9.17) is 0 Å². The maximum absolute atomic E-state index is 2.33. The first-order valence-corrected chi connectivity index (χ1v) is 4.87. The van der Waals surface area contributed by atoms with Gasteiger partial charge in [-0.25, -0.2) is 0 Å². The van der Waals surface area contributed by atoms with E-state index >= 15 is 0 Å². The maximum Gasteiger partial charge on any atom is -0.0269 e. The first-order chi connectivity index (χ1) is 4.87. The Morgan fingerprint density at radius 2 is 2.10 bits per heavy atom. The van der Waals surface area contributed by atoms with Crippen LogP contribution in [0.1, 0.15) is 51.9 Å². The molecule has 2 fully saturated rings. The summed E-state index contributed by atoms with van der Waals surface area (Å²) in [4.78, 5) is 0. The fourth-order valence-corrected chi connectivity index (χ4v) is 2.83. The summed E-state index contributed by atoms with van der Waals surface area (Å²) in [6.07, 6.45) is 10.7. The third-order valence-electron chi connectivity index (χ3n) is 3.62. The highest BCUT2D eigenvalue weighted by molar-refractivity contribution is 5.01. The fourth-order valence-electron chi connectivity index (χ4n) is 2.83. The van der Waals surface area contributed by atoms with Crippen LogP contribution < -0.4 is 0 Å². The molecule has 0 nitrogen and oxygen atoms in total. The van der Waals surface area contributed by atoms with Gasteiger partial charge in [-0.1, -0.05) is 26.2 Å². The van der Waals surface area contributed by atoms with Crippen LogP contribution in [-0.2, 0) is 0 Å². The zero-order chi connectivity index (χ0) is 7.03. The van der Waals surface area contributed by atoms with Crippen LogP contribution in [0.4, 0.5) is 0 Å². The molecule has 10 heavy (non-hydrogen) atoms. The first-order valence-electron chi connectivity index (χ1n) is 4.87. The summed E-state index contributed by atoms with van der Waals surface area (Å²) in [6, 6.07) is 0. The highest BCUT2D eigenvalue weighted by atomic mass is 14.6. The molecular weight excluding hydrogens is 120 g/mol. The molecule has 0 heteroatoms. The van der Waals surface area contributed by atoms with E-state index in [-0.39, 0.29) is 0 Å². The van der Waals surface area contributed by atoms with Gasteiger partial charge in [0.2, 0.25) is 0 Å². The molecule has 1 unspecified atom stereocenters. The van der Waals surface area contributed by atoms with Crippen molar-refractivity contribution in [3.63, 3.8) is 0 Å². The molecule has 2 saturated carbocycles. The Morgan fingerprint density at radius 3 is 2.70 bits per heavy atom. The van der Waals surface area contributed by atoms with Crippen LogP contribution >= 0.6 is 0 Å². The van der Waals surface area contributed by atoms with E-state index in [1.165, 1.54) is 19.3 Å². The summed E-state index contributed by atoms with van der Waals surface area (Å²) in [5.41, 5.74) is 0.913. The predicted molar refractivity (Wildman–Crippen MR) is 43.9 cm³/mol. The summed E-state index contributed by atoms with van der Waals surface area (Å²) in [5.74, 6) is 1.14. The number of hydrogen-bond donors (Lipinski definition) is 0. The van der Waals surface area contributed by atoms with Gasteiger partial charge in [0.25, 0.3) is 0 Å². The molecule has 0 amide bonds. The van der Waals surface area contributed by atoms with Crippen molar-refractivity contribution in [2.24, 2.45) is 11.3 Å². The molecule has 1 spiro atoms. The van der Waals surface area contributed by atoms with E-state index in [0.29, 0.717) is 0 Å². The minimum absolute atomic E-state index is 0.913. The number of rotatable bonds is 2. The van der Waals surface area contributed by atoms with E-state index in [2.05, 4.69) is 6.92 Å². The minimum Gasteiger partial charge on any atom is -0.0654 e. The van der Waals surface area contributed by atoms with E-state index in [9.17, 15) is 0 Å². The quantitative estimate of drug-likeness (QED) is 0.549. The van der Waals surface area contributed by atoms with Crippen molar-refractivity contribution in [3.8, 4) is 0 Å². The molecule has 0 bridgehead atoms. The minimum atomic E-state index is 0.913. The van der Waals surface area contributed by atoms with Crippen molar-refractivity contribution >= 4 is 0 Å². The predicted octanol–water partition coefficient (Wildman–Crippen LogP) is 3.37. The van der Waals surface area contributed by atoms with Crippen molar-refractivity contribution in [3.05, 3.63) is 0 Å². The van der Waals surface area contributed by atoms with E-state index in [1.807, 2.05) is 0 Å². The maximum atomic E-state index is 2.33. The molecule has 0 radical (unpaired) electrons. The molecule has 0 heterocycles. The lowest BCUT2D eigenvalue weighted by Crippen LogP contribution is -2.07. The van der Waals surface area contributed by atoms with Crippen molar-refractivity contribution < 1.29 is 0 Å². The Balaban J connectivity index is 1.94. The molecule has 0 N–H and O–H groups in total. The Morgan fingerprint density at radius 1 is 1.30 bits per heavy atom. The van der Waals surface area contributed by atoms with Crippen molar-refractivity contribution in [2.45, 2.75) is 51.9 Å². The van der Waals surface area contributed by atoms with Crippen LogP contribution in [0.25, 0.3) is 0 Å². The second kappa shape index (κ2) is 2.25. The third kappa shape index (κ3) is 0.889. The molecule has 2 aliphatic rings. The Kier molecular flexibility index (Phi) is 1.51. The monoisotopic (exact) mass is 138 g/mol. The Labute approximate surface area is 64.0 Å². The van der Waals surface area contributed by atoms with Crippen LogP contribution in [-0.4, -0.2) is 0 Å². The molecule has 0 aromatic rings. The summed E-state index contributed by atoms with van der Waals surface area (Å²) >= 11 is 0. The van der Waals surface area contributed by atoms with Crippen molar-refractivity contribution in [1.29, 1.82) is 0 Å². The van der Waals surface area contributed by atoms with Gasteiger partial charge >= 0.3 is 0 Å². The van der Waals surface area contributed by atoms with Gasteiger partial charge in [-0.3, -0.25) is 0 Å². The first kappa shape index (κ1) is 6.69. The molecule has 0 aromatic heterocycles. The molecular formula is C10H18. The average molecular weight is 138 g/mol. The lowest BCUT2D eigenvalue weighted by atomic mass is 9.89. The zero-order valence-electron chi connectivity index (χ0n) is 7.03. The van der Waals surface area contributed by atoms with Gasteiger partial charge < -0.3 is 0 Å². The topological polar surface area (TPSA) is 0 Å². The molecule has 2 rings (SSSR count). The van der Waals surface area contributed by atoms with E-state index in [1.54, 1.807) is 25.7 Å². The SMILES string of the molecule is CCCC1CCCC12CC2. The summed E-state index contributed by atoms with van der Waals surface area (Å²) < 4.78 is 0. The molecule has 2 aliphatic carbocycles. The molecule has 0 aliphatic heterocycles. The highest BCUT2D eigenvalue weighted by Crippen LogP contribution is 2.62.